The summed E-state index contributed by atoms with van der Waals surface area (Å²) in [6.07, 6.45) is 1.60. The van der Waals surface area contributed by atoms with Crippen molar-refractivity contribution in [2.24, 2.45) is 0 Å². The fraction of sp³-hybridized carbons (Fsp3) is 0.250. The minimum absolute atomic E-state index is 0.0770. The Bertz CT molecular complexity index is 1080. The number of halogens is 1. The summed E-state index contributed by atoms with van der Waals surface area (Å²) in [7, 11) is 0. The van der Waals surface area contributed by atoms with Crippen molar-refractivity contribution in [2.75, 3.05) is 5.32 Å². The Balaban J connectivity index is 1.70. The van der Waals surface area contributed by atoms with Gasteiger partial charge >= 0.3 is 5.69 Å². The second kappa shape index (κ2) is 6.23. The molecule has 2 heterocycles. The van der Waals surface area contributed by atoms with Crippen molar-refractivity contribution in [3.8, 4) is 0 Å². The fourth-order valence-electron chi connectivity index (χ4n) is 2.69. The molecule has 0 aliphatic heterocycles. The lowest BCUT2D eigenvalue weighted by Gasteiger charge is -2.11. The lowest BCUT2D eigenvalue weighted by molar-refractivity contribution is -0.116. The molecule has 0 radical (unpaired) electrons. The third kappa shape index (κ3) is 3.05. The van der Waals surface area contributed by atoms with Crippen molar-refractivity contribution in [1.29, 1.82) is 0 Å². The summed E-state index contributed by atoms with van der Waals surface area (Å²) in [6.45, 7) is -0.170. The van der Waals surface area contributed by atoms with Gasteiger partial charge in [-0.3, -0.25) is 18.7 Å². The second-order valence-corrected chi connectivity index (χ2v) is 7.42. The van der Waals surface area contributed by atoms with Crippen LogP contribution in [-0.2, 0) is 11.3 Å². The highest BCUT2D eigenvalue weighted by Gasteiger charge is 2.29. The van der Waals surface area contributed by atoms with E-state index in [0.29, 0.717) is 11.2 Å². The van der Waals surface area contributed by atoms with E-state index in [1.54, 1.807) is 17.5 Å². The third-order valence-electron chi connectivity index (χ3n) is 4.04. The summed E-state index contributed by atoms with van der Waals surface area (Å²) in [5, 5.41) is 4.38. The summed E-state index contributed by atoms with van der Waals surface area (Å²) in [4.78, 5) is 37.6. The van der Waals surface area contributed by atoms with Crippen LogP contribution in [0.1, 0.15) is 18.9 Å². The topological polar surface area (TPSA) is 86.0 Å². The van der Waals surface area contributed by atoms with Gasteiger partial charge in [-0.25, -0.2) is 4.79 Å². The van der Waals surface area contributed by atoms with Crippen LogP contribution in [0.5, 0.6) is 0 Å². The fourth-order valence-corrected chi connectivity index (χ4v) is 3.62. The molecule has 0 atom stereocenters. The molecule has 2 aromatic heterocycles. The number of aromatic nitrogens is 3. The van der Waals surface area contributed by atoms with E-state index in [1.807, 2.05) is 12.1 Å². The minimum atomic E-state index is -0.453. The first-order chi connectivity index (χ1) is 12.0. The molecule has 1 fully saturated rings. The van der Waals surface area contributed by atoms with E-state index < -0.39 is 5.69 Å². The maximum Gasteiger partial charge on any atom is 0.332 e. The zero-order chi connectivity index (χ0) is 17.6. The summed E-state index contributed by atoms with van der Waals surface area (Å²) in [6, 6.07) is 7.08. The van der Waals surface area contributed by atoms with Gasteiger partial charge in [-0.1, -0.05) is 15.9 Å². The molecule has 1 aromatic carbocycles. The quantitative estimate of drug-likeness (QED) is 0.701. The Labute approximate surface area is 154 Å². The molecule has 0 unspecified atom stereocenters. The van der Waals surface area contributed by atoms with Gasteiger partial charge in [-0.2, -0.15) is 4.37 Å². The molecule has 3 aromatic rings. The zero-order valence-corrected chi connectivity index (χ0v) is 15.3. The maximum atomic E-state index is 12.7. The number of carbonyl (C=O) groups excluding carboxylic acids is 1. The number of hydrogen-bond donors (Lipinski definition) is 1. The number of hydrogen-bond acceptors (Lipinski definition) is 5. The lowest BCUT2D eigenvalue weighted by Crippen LogP contribution is -2.41. The van der Waals surface area contributed by atoms with E-state index in [9.17, 15) is 14.4 Å². The minimum Gasteiger partial charge on any atom is -0.325 e. The molecule has 25 heavy (non-hydrogen) atoms. The van der Waals surface area contributed by atoms with E-state index in [0.717, 1.165) is 28.8 Å². The molecule has 128 valence electrons. The molecular weight excluding hydrogens is 408 g/mol. The van der Waals surface area contributed by atoms with Crippen molar-refractivity contribution in [3.63, 3.8) is 0 Å². The normalized spacial score (nSPS) is 14.0. The first-order valence-corrected chi connectivity index (χ1v) is 9.32. The van der Waals surface area contributed by atoms with Crippen LogP contribution in [0.15, 0.2) is 43.7 Å². The van der Waals surface area contributed by atoms with Gasteiger partial charge in [0.05, 0.1) is 5.52 Å². The van der Waals surface area contributed by atoms with Gasteiger partial charge in [-0.05, 0) is 48.6 Å². The summed E-state index contributed by atoms with van der Waals surface area (Å²) in [5.41, 5.74) is 0.465. The van der Waals surface area contributed by atoms with Crippen molar-refractivity contribution in [1.82, 2.24) is 13.5 Å². The molecule has 7 nitrogen and oxygen atoms in total. The maximum absolute atomic E-state index is 12.7. The number of rotatable bonds is 4. The molecule has 4 rings (SSSR count). The van der Waals surface area contributed by atoms with Crippen molar-refractivity contribution < 1.29 is 4.79 Å². The van der Waals surface area contributed by atoms with Crippen LogP contribution in [-0.4, -0.2) is 19.4 Å². The van der Waals surface area contributed by atoms with Crippen LogP contribution < -0.4 is 16.6 Å². The monoisotopic (exact) mass is 420 g/mol. The molecule has 1 aliphatic carbocycles. The van der Waals surface area contributed by atoms with E-state index in [2.05, 4.69) is 25.6 Å². The molecule has 0 bridgehead atoms. The van der Waals surface area contributed by atoms with Gasteiger partial charge in [0, 0.05) is 21.6 Å². The van der Waals surface area contributed by atoms with Crippen LogP contribution in [0.2, 0.25) is 0 Å². The Morgan fingerprint density at radius 1 is 1.28 bits per heavy atom. The van der Waals surface area contributed by atoms with E-state index >= 15 is 0 Å². The highest BCUT2D eigenvalue weighted by molar-refractivity contribution is 9.10. The standard InChI is InChI=1S/C16H13BrN4O3S/c17-9-1-3-10(4-2-9)18-13(22)7-20-12-8-25-19-14(12)15(23)21(16(20)24)11-5-6-11/h1-4,8,11H,5-7H2,(H,18,22). The number of carbonyl (C=O) groups is 1. The first kappa shape index (κ1) is 16.2. The number of nitrogens with zero attached hydrogens (tertiary/aromatic N) is 3. The van der Waals surface area contributed by atoms with Crippen LogP contribution in [0.4, 0.5) is 5.69 Å². The molecule has 1 aliphatic rings. The van der Waals surface area contributed by atoms with Crippen molar-refractivity contribution in [2.45, 2.75) is 25.4 Å². The predicted molar refractivity (Wildman–Crippen MR) is 99.2 cm³/mol. The van der Waals surface area contributed by atoms with Gasteiger partial charge in [0.1, 0.15) is 6.54 Å². The first-order valence-electron chi connectivity index (χ1n) is 7.69. The zero-order valence-electron chi connectivity index (χ0n) is 12.9. The predicted octanol–water partition coefficient (Wildman–Crippen LogP) is 2.36. The molecular formula is C16H13BrN4O3S. The Morgan fingerprint density at radius 2 is 2.00 bits per heavy atom. The van der Waals surface area contributed by atoms with E-state index in [-0.39, 0.29) is 29.6 Å². The number of anilines is 1. The van der Waals surface area contributed by atoms with Gasteiger partial charge in [0.2, 0.25) is 5.91 Å². The molecule has 1 N–H and O–H groups in total. The highest BCUT2D eigenvalue weighted by atomic mass is 79.9. The average Bonchev–Trinajstić information content (AvgIpc) is 3.29. The van der Waals surface area contributed by atoms with Crippen molar-refractivity contribution in [3.05, 3.63) is 55.0 Å². The summed E-state index contributed by atoms with van der Waals surface area (Å²) < 4.78 is 7.57. The molecule has 0 saturated heterocycles. The van der Waals surface area contributed by atoms with Gasteiger partial charge < -0.3 is 5.32 Å². The van der Waals surface area contributed by atoms with Gasteiger partial charge in [0.15, 0.2) is 5.52 Å². The van der Waals surface area contributed by atoms with E-state index in [4.69, 9.17) is 0 Å². The summed E-state index contributed by atoms with van der Waals surface area (Å²) >= 11 is 4.44. The smallest absolute Gasteiger partial charge is 0.325 e. The summed E-state index contributed by atoms with van der Waals surface area (Å²) in [5.74, 6) is -0.335. The SMILES string of the molecule is O=C(Cn1c(=O)n(C2CC2)c(=O)c2nscc21)Nc1ccc(Br)cc1. The molecule has 9 heteroatoms. The third-order valence-corrected chi connectivity index (χ3v) is 5.19. The molecule has 0 spiro atoms. The number of fused-ring (bicyclic) bond motifs is 1. The Morgan fingerprint density at radius 3 is 2.68 bits per heavy atom. The second-order valence-electron chi connectivity index (χ2n) is 5.88. The molecule has 1 amide bonds. The molecule has 1 saturated carbocycles. The largest absolute Gasteiger partial charge is 0.332 e. The van der Waals surface area contributed by atoms with Crippen LogP contribution in [0.3, 0.4) is 0 Å². The number of amides is 1. The highest BCUT2D eigenvalue weighted by Crippen LogP contribution is 2.32. The van der Waals surface area contributed by atoms with Crippen LogP contribution >= 0.6 is 27.5 Å². The average molecular weight is 421 g/mol. The Hall–Kier alpha value is -2.26. The lowest BCUT2D eigenvalue weighted by atomic mass is 10.3. The van der Waals surface area contributed by atoms with Crippen molar-refractivity contribution >= 4 is 50.1 Å². The number of nitrogens with one attached hydrogen (secondary N) is 1. The van der Waals surface area contributed by atoms with Crippen LogP contribution in [0.25, 0.3) is 11.0 Å². The Kier molecular flexibility index (Phi) is 4.04. The van der Waals surface area contributed by atoms with Crippen LogP contribution in [0, 0.1) is 0 Å². The van der Waals surface area contributed by atoms with Gasteiger partial charge in [-0.15, -0.1) is 0 Å². The van der Waals surface area contributed by atoms with E-state index in [1.165, 1.54) is 9.13 Å². The van der Waals surface area contributed by atoms with Gasteiger partial charge in [0.25, 0.3) is 5.56 Å². The number of benzene rings is 1.